The Balaban J connectivity index is 1.72. The topological polar surface area (TPSA) is 47.8 Å². The molecule has 4 heteroatoms. The maximum Gasteiger partial charge on any atom is 0.159 e. The Morgan fingerprint density at radius 3 is 2.55 bits per heavy atom. The van der Waals surface area contributed by atoms with Gasteiger partial charge in [0, 0.05) is 28.2 Å². The Labute approximate surface area is 170 Å². The fourth-order valence-corrected chi connectivity index (χ4v) is 4.60. The number of hydrogen-bond acceptors (Lipinski definition) is 3. The first-order chi connectivity index (χ1) is 14.1. The minimum Gasteiger partial charge on any atom is -0.321 e. The molecule has 146 valence electrons. The van der Waals surface area contributed by atoms with Crippen molar-refractivity contribution in [2.45, 2.75) is 52.0 Å². The van der Waals surface area contributed by atoms with Crippen molar-refractivity contribution in [2.24, 2.45) is 0 Å². The van der Waals surface area contributed by atoms with E-state index in [1.165, 1.54) is 32.1 Å². The molecule has 1 aliphatic carbocycles. The highest BCUT2D eigenvalue weighted by Gasteiger charge is 2.23. The normalized spacial score (nSPS) is 15.2. The van der Waals surface area contributed by atoms with Gasteiger partial charge in [0.2, 0.25) is 0 Å². The van der Waals surface area contributed by atoms with Gasteiger partial charge in [0.25, 0.3) is 0 Å². The molecule has 2 heterocycles. The molecular weight excluding hydrogens is 358 g/mol. The first-order valence-corrected chi connectivity index (χ1v) is 10.5. The van der Waals surface area contributed by atoms with Crippen molar-refractivity contribution in [3.05, 3.63) is 59.8 Å². The molecule has 0 spiro atoms. The van der Waals surface area contributed by atoms with E-state index in [9.17, 15) is 4.79 Å². The summed E-state index contributed by atoms with van der Waals surface area (Å²) in [7, 11) is 0. The molecule has 0 N–H and O–H groups in total. The Bertz CT molecular complexity index is 1230. The number of hydrogen-bond donors (Lipinski definition) is 0. The highest BCUT2D eigenvalue weighted by molar-refractivity contribution is 5.98. The van der Waals surface area contributed by atoms with Crippen molar-refractivity contribution in [1.82, 2.24) is 14.5 Å². The van der Waals surface area contributed by atoms with E-state index in [0.29, 0.717) is 6.04 Å². The van der Waals surface area contributed by atoms with Crippen molar-refractivity contribution < 1.29 is 4.79 Å². The number of carbonyl (C=O) groups is 1. The van der Waals surface area contributed by atoms with Gasteiger partial charge >= 0.3 is 0 Å². The van der Waals surface area contributed by atoms with Crippen LogP contribution in [-0.4, -0.2) is 20.3 Å². The lowest BCUT2D eigenvalue weighted by Crippen LogP contribution is -2.14. The van der Waals surface area contributed by atoms with Crippen LogP contribution in [0, 0.1) is 6.92 Å². The lowest BCUT2D eigenvalue weighted by atomic mass is 9.94. The fraction of sp³-hybridized carbons (Fsp3) is 0.320. The Morgan fingerprint density at radius 2 is 1.76 bits per heavy atom. The number of pyridine rings is 1. The molecule has 0 bridgehead atoms. The predicted octanol–water partition coefficient (Wildman–Crippen LogP) is 6.27. The van der Waals surface area contributed by atoms with Crippen LogP contribution in [0.3, 0.4) is 0 Å². The Kier molecular flexibility index (Phi) is 4.42. The molecule has 0 unspecified atom stereocenters. The summed E-state index contributed by atoms with van der Waals surface area (Å²) in [6.07, 6.45) is 6.20. The second kappa shape index (κ2) is 7.11. The van der Waals surface area contributed by atoms with Gasteiger partial charge in [-0.05, 0) is 69.2 Å². The SMILES string of the molecule is CC(=O)c1ccc2c(c1)nc(-c1ccc3nc(C)ccc3c1)n2C1CCCCC1. The van der Waals surface area contributed by atoms with Gasteiger partial charge in [-0.1, -0.05) is 25.3 Å². The van der Waals surface area contributed by atoms with Crippen LogP contribution in [0.2, 0.25) is 0 Å². The third-order valence-electron chi connectivity index (χ3n) is 6.12. The van der Waals surface area contributed by atoms with Crippen molar-refractivity contribution in [3.8, 4) is 11.4 Å². The number of fused-ring (bicyclic) bond motifs is 2. The largest absolute Gasteiger partial charge is 0.321 e. The zero-order valence-electron chi connectivity index (χ0n) is 17.0. The summed E-state index contributed by atoms with van der Waals surface area (Å²) < 4.78 is 2.42. The van der Waals surface area contributed by atoms with Gasteiger partial charge in [-0.15, -0.1) is 0 Å². The van der Waals surface area contributed by atoms with Crippen molar-refractivity contribution in [2.75, 3.05) is 0 Å². The molecular formula is C25H25N3O. The maximum absolute atomic E-state index is 11.9. The molecule has 5 rings (SSSR count). The van der Waals surface area contributed by atoms with Crippen LogP contribution >= 0.6 is 0 Å². The molecule has 0 radical (unpaired) electrons. The average Bonchev–Trinajstić information content (AvgIpc) is 3.12. The van der Waals surface area contributed by atoms with E-state index in [4.69, 9.17) is 4.98 Å². The van der Waals surface area contributed by atoms with Gasteiger partial charge in [0.1, 0.15) is 5.82 Å². The first-order valence-electron chi connectivity index (χ1n) is 10.5. The van der Waals surface area contributed by atoms with Crippen LogP contribution in [0.5, 0.6) is 0 Å². The Morgan fingerprint density at radius 1 is 0.931 bits per heavy atom. The monoisotopic (exact) mass is 383 g/mol. The van der Waals surface area contributed by atoms with Gasteiger partial charge < -0.3 is 4.57 Å². The van der Waals surface area contributed by atoms with E-state index in [-0.39, 0.29) is 5.78 Å². The molecule has 2 aromatic heterocycles. The number of benzene rings is 2. The van der Waals surface area contributed by atoms with Crippen molar-refractivity contribution in [1.29, 1.82) is 0 Å². The standard InChI is InChI=1S/C25H25N3O/c1-16-8-9-19-14-20(10-12-22(19)26-16)25-27-23-15-18(17(2)29)11-13-24(23)28(25)21-6-4-3-5-7-21/h8-15,21H,3-7H2,1-2H3. The van der Waals surface area contributed by atoms with Crippen molar-refractivity contribution >= 4 is 27.7 Å². The summed E-state index contributed by atoms with van der Waals surface area (Å²) in [4.78, 5) is 21.5. The smallest absolute Gasteiger partial charge is 0.159 e. The number of aromatic nitrogens is 3. The third kappa shape index (κ3) is 3.23. The lowest BCUT2D eigenvalue weighted by molar-refractivity contribution is 0.101. The summed E-state index contributed by atoms with van der Waals surface area (Å²) in [5, 5.41) is 1.12. The van der Waals surface area contributed by atoms with E-state index in [2.05, 4.69) is 45.9 Å². The van der Waals surface area contributed by atoms with Crippen molar-refractivity contribution in [3.63, 3.8) is 0 Å². The number of rotatable bonds is 3. The minimum absolute atomic E-state index is 0.0767. The lowest BCUT2D eigenvalue weighted by Gasteiger charge is -2.25. The Hall–Kier alpha value is -3.01. The van der Waals surface area contributed by atoms with E-state index in [1.54, 1.807) is 6.92 Å². The van der Waals surface area contributed by atoms with E-state index >= 15 is 0 Å². The second-order valence-corrected chi connectivity index (χ2v) is 8.22. The molecule has 29 heavy (non-hydrogen) atoms. The zero-order valence-corrected chi connectivity index (χ0v) is 17.0. The number of ketones is 1. The summed E-state index contributed by atoms with van der Waals surface area (Å²) in [5.74, 6) is 1.07. The highest BCUT2D eigenvalue weighted by atomic mass is 16.1. The number of imidazole rings is 1. The fourth-order valence-electron chi connectivity index (χ4n) is 4.60. The summed E-state index contributed by atoms with van der Waals surface area (Å²) >= 11 is 0. The summed E-state index contributed by atoms with van der Waals surface area (Å²) in [6, 6.07) is 17.0. The minimum atomic E-state index is 0.0767. The van der Waals surface area contributed by atoms with E-state index < -0.39 is 0 Å². The van der Waals surface area contributed by atoms with Gasteiger partial charge in [0.15, 0.2) is 5.78 Å². The number of carbonyl (C=O) groups excluding carboxylic acids is 1. The second-order valence-electron chi connectivity index (χ2n) is 8.22. The van der Waals surface area contributed by atoms with Gasteiger partial charge in [-0.3, -0.25) is 9.78 Å². The third-order valence-corrected chi connectivity index (χ3v) is 6.12. The molecule has 2 aromatic carbocycles. The first kappa shape index (κ1) is 18.0. The molecule has 0 amide bonds. The molecule has 0 saturated heterocycles. The van der Waals surface area contributed by atoms with Crippen LogP contribution in [0.15, 0.2) is 48.5 Å². The molecule has 0 aliphatic heterocycles. The maximum atomic E-state index is 11.9. The molecule has 4 nitrogen and oxygen atoms in total. The predicted molar refractivity (Wildman–Crippen MR) is 117 cm³/mol. The number of aryl methyl sites for hydroxylation is 1. The van der Waals surface area contributed by atoms with Crippen LogP contribution in [0.1, 0.15) is 61.1 Å². The average molecular weight is 383 g/mol. The zero-order chi connectivity index (χ0) is 20.0. The van der Waals surface area contributed by atoms with Crippen LogP contribution in [-0.2, 0) is 0 Å². The van der Waals surface area contributed by atoms with E-state index in [0.717, 1.165) is 44.6 Å². The molecule has 4 aromatic rings. The molecule has 1 aliphatic rings. The number of nitrogens with zero attached hydrogens (tertiary/aromatic N) is 3. The van der Waals surface area contributed by atoms with Crippen LogP contribution < -0.4 is 0 Å². The summed E-state index contributed by atoms with van der Waals surface area (Å²) in [5.41, 5.74) is 5.88. The van der Waals surface area contributed by atoms with Crippen LogP contribution in [0.4, 0.5) is 0 Å². The van der Waals surface area contributed by atoms with Gasteiger partial charge in [0.05, 0.1) is 16.6 Å². The quantitative estimate of drug-likeness (QED) is 0.392. The van der Waals surface area contributed by atoms with Gasteiger partial charge in [-0.2, -0.15) is 0 Å². The molecule has 1 fully saturated rings. The molecule has 1 saturated carbocycles. The molecule has 0 atom stereocenters. The van der Waals surface area contributed by atoms with Crippen LogP contribution in [0.25, 0.3) is 33.3 Å². The number of Topliss-reactive ketones (excluding diaryl/α,β-unsaturated/α-hetero) is 1. The van der Waals surface area contributed by atoms with E-state index in [1.807, 2.05) is 19.1 Å². The highest BCUT2D eigenvalue weighted by Crippen LogP contribution is 2.36. The summed E-state index contributed by atoms with van der Waals surface area (Å²) in [6.45, 7) is 3.63. The van der Waals surface area contributed by atoms with Gasteiger partial charge in [-0.25, -0.2) is 4.98 Å².